The van der Waals surface area contributed by atoms with Gasteiger partial charge >= 0.3 is 0 Å². The van der Waals surface area contributed by atoms with Crippen molar-refractivity contribution in [3.05, 3.63) is 11.1 Å². The molecule has 0 saturated carbocycles. The average Bonchev–Trinajstić information content (AvgIpc) is 2.30. The second-order valence-corrected chi connectivity index (χ2v) is 5.37. The highest BCUT2D eigenvalue weighted by Gasteiger charge is 2.13. The van der Waals surface area contributed by atoms with Gasteiger partial charge in [-0.3, -0.25) is 4.79 Å². The van der Waals surface area contributed by atoms with Gasteiger partial charge in [0.2, 0.25) is 14.2 Å². The SMILES string of the molecule is CC(=O)c1csc(S(C)(=O)=O)n1. The molecule has 0 aliphatic heterocycles. The number of ketones is 1. The minimum atomic E-state index is -3.26. The quantitative estimate of drug-likeness (QED) is 0.668. The van der Waals surface area contributed by atoms with E-state index in [4.69, 9.17) is 0 Å². The molecule has 1 heterocycles. The maximum atomic E-state index is 10.9. The number of nitrogens with zero attached hydrogens (tertiary/aromatic N) is 1. The maximum Gasteiger partial charge on any atom is 0.209 e. The van der Waals surface area contributed by atoms with E-state index in [0.717, 1.165) is 17.6 Å². The number of rotatable bonds is 2. The van der Waals surface area contributed by atoms with Crippen LogP contribution < -0.4 is 0 Å². The monoisotopic (exact) mass is 205 g/mol. The van der Waals surface area contributed by atoms with Crippen molar-refractivity contribution in [3.63, 3.8) is 0 Å². The van der Waals surface area contributed by atoms with Gasteiger partial charge in [0, 0.05) is 18.6 Å². The van der Waals surface area contributed by atoms with Crippen molar-refractivity contribution in [1.82, 2.24) is 4.98 Å². The van der Waals surface area contributed by atoms with Crippen LogP contribution in [0.2, 0.25) is 0 Å². The van der Waals surface area contributed by atoms with E-state index in [2.05, 4.69) is 4.98 Å². The Morgan fingerprint density at radius 3 is 2.42 bits per heavy atom. The van der Waals surface area contributed by atoms with Gasteiger partial charge in [0.1, 0.15) is 5.69 Å². The van der Waals surface area contributed by atoms with Crippen LogP contribution in [0.5, 0.6) is 0 Å². The molecule has 0 spiro atoms. The molecule has 0 fully saturated rings. The van der Waals surface area contributed by atoms with Gasteiger partial charge in [-0.1, -0.05) is 0 Å². The van der Waals surface area contributed by atoms with Crippen molar-refractivity contribution in [2.45, 2.75) is 11.3 Å². The Labute approximate surface area is 74.2 Å². The number of thiazole rings is 1. The molecule has 0 bridgehead atoms. The number of hydrogen-bond acceptors (Lipinski definition) is 5. The molecule has 0 aliphatic rings. The highest BCUT2D eigenvalue weighted by atomic mass is 32.2. The summed E-state index contributed by atoms with van der Waals surface area (Å²) in [7, 11) is -3.26. The third-order valence-electron chi connectivity index (χ3n) is 1.16. The number of hydrogen-bond donors (Lipinski definition) is 0. The van der Waals surface area contributed by atoms with Crippen LogP contribution in [0.25, 0.3) is 0 Å². The van der Waals surface area contributed by atoms with Crippen LogP contribution in [-0.2, 0) is 9.84 Å². The lowest BCUT2D eigenvalue weighted by molar-refractivity contribution is 0.101. The lowest BCUT2D eigenvalue weighted by Gasteiger charge is -1.87. The summed E-state index contributed by atoms with van der Waals surface area (Å²) >= 11 is 0.965. The third-order valence-corrected chi connectivity index (χ3v) is 3.72. The van der Waals surface area contributed by atoms with Gasteiger partial charge in [-0.25, -0.2) is 13.4 Å². The summed E-state index contributed by atoms with van der Waals surface area (Å²) in [6.07, 6.45) is 1.07. The molecule has 0 saturated heterocycles. The lowest BCUT2D eigenvalue weighted by Crippen LogP contribution is -1.98. The summed E-state index contributed by atoms with van der Waals surface area (Å²) in [6, 6.07) is 0. The van der Waals surface area contributed by atoms with E-state index in [-0.39, 0.29) is 15.8 Å². The molecule has 0 unspecified atom stereocenters. The molecule has 66 valence electrons. The topological polar surface area (TPSA) is 64.1 Å². The fraction of sp³-hybridized carbons (Fsp3) is 0.333. The van der Waals surface area contributed by atoms with Crippen LogP contribution >= 0.6 is 11.3 Å². The third kappa shape index (κ3) is 1.89. The largest absolute Gasteiger partial charge is 0.293 e. The molecule has 0 aliphatic carbocycles. The van der Waals surface area contributed by atoms with Gasteiger partial charge < -0.3 is 0 Å². The van der Waals surface area contributed by atoms with E-state index >= 15 is 0 Å². The summed E-state index contributed by atoms with van der Waals surface area (Å²) < 4.78 is 21.8. The van der Waals surface area contributed by atoms with Crippen LogP contribution in [0.3, 0.4) is 0 Å². The number of sulfone groups is 1. The Balaban J connectivity index is 3.17. The molecule has 0 amide bonds. The zero-order valence-corrected chi connectivity index (χ0v) is 8.20. The van der Waals surface area contributed by atoms with Gasteiger partial charge in [0.05, 0.1) is 0 Å². The summed E-state index contributed by atoms with van der Waals surface area (Å²) in [5, 5.41) is 1.44. The predicted molar refractivity (Wildman–Crippen MR) is 45.2 cm³/mol. The second-order valence-electron chi connectivity index (χ2n) is 2.33. The molecule has 0 N–H and O–H groups in total. The highest BCUT2D eigenvalue weighted by Crippen LogP contribution is 2.15. The van der Waals surface area contributed by atoms with Crippen molar-refractivity contribution in [3.8, 4) is 0 Å². The van der Waals surface area contributed by atoms with Crippen LogP contribution in [-0.4, -0.2) is 25.4 Å². The molecule has 1 rings (SSSR count). The van der Waals surface area contributed by atoms with E-state index in [9.17, 15) is 13.2 Å². The van der Waals surface area contributed by atoms with Crippen LogP contribution in [0.15, 0.2) is 9.72 Å². The average molecular weight is 205 g/mol. The smallest absolute Gasteiger partial charge is 0.209 e. The number of carbonyl (C=O) groups is 1. The van der Waals surface area contributed by atoms with E-state index in [0.29, 0.717) is 0 Å². The van der Waals surface area contributed by atoms with Gasteiger partial charge in [-0.2, -0.15) is 0 Å². The molecule has 0 aromatic carbocycles. The number of Topliss-reactive ketones (excluding diaryl/α,β-unsaturated/α-hetero) is 1. The highest BCUT2D eigenvalue weighted by molar-refractivity contribution is 7.92. The molecular formula is C6H7NO3S2. The van der Waals surface area contributed by atoms with Crippen LogP contribution in [0.1, 0.15) is 17.4 Å². The molecular weight excluding hydrogens is 198 g/mol. The van der Waals surface area contributed by atoms with Gasteiger partial charge in [-0.05, 0) is 0 Å². The molecule has 0 atom stereocenters. The first-order chi connectivity index (χ1) is 5.41. The van der Waals surface area contributed by atoms with Crippen molar-refractivity contribution in [1.29, 1.82) is 0 Å². The molecule has 6 heteroatoms. The van der Waals surface area contributed by atoms with E-state index in [1.807, 2.05) is 0 Å². The molecule has 1 aromatic heterocycles. The van der Waals surface area contributed by atoms with Crippen molar-refractivity contribution in [2.75, 3.05) is 6.26 Å². The van der Waals surface area contributed by atoms with Crippen molar-refractivity contribution in [2.24, 2.45) is 0 Å². The van der Waals surface area contributed by atoms with Crippen LogP contribution in [0.4, 0.5) is 0 Å². The lowest BCUT2D eigenvalue weighted by atomic mass is 10.4. The number of aromatic nitrogens is 1. The summed E-state index contributed by atoms with van der Waals surface area (Å²) in [5.41, 5.74) is 0.209. The van der Waals surface area contributed by atoms with Gasteiger partial charge in [0.15, 0.2) is 5.78 Å². The Hall–Kier alpha value is -0.750. The standard InChI is InChI=1S/C6H7NO3S2/c1-4(8)5-3-11-6(7-5)12(2,9)10/h3H,1-2H3. The first kappa shape index (κ1) is 9.34. The minimum absolute atomic E-state index is 0.00676. The normalized spacial score (nSPS) is 11.5. The van der Waals surface area contributed by atoms with Gasteiger partial charge in [0.25, 0.3) is 0 Å². The first-order valence-electron chi connectivity index (χ1n) is 3.08. The Kier molecular flexibility index (Phi) is 2.29. The molecule has 1 aromatic rings. The van der Waals surface area contributed by atoms with Gasteiger partial charge in [-0.15, -0.1) is 11.3 Å². The predicted octanol–water partition coefficient (Wildman–Crippen LogP) is 0.749. The first-order valence-corrected chi connectivity index (χ1v) is 5.85. The fourth-order valence-electron chi connectivity index (χ4n) is 0.589. The molecule has 12 heavy (non-hydrogen) atoms. The van der Waals surface area contributed by atoms with E-state index < -0.39 is 9.84 Å². The Morgan fingerprint density at radius 1 is 1.58 bits per heavy atom. The Morgan fingerprint density at radius 2 is 2.17 bits per heavy atom. The van der Waals surface area contributed by atoms with Crippen molar-refractivity contribution < 1.29 is 13.2 Å². The summed E-state index contributed by atoms with van der Waals surface area (Å²) in [4.78, 5) is 14.4. The second kappa shape index (κ2) is 2.95. The minimum Gasteiger partial charge on any atom is -0.293 e. The fourth-order valence-corrected chi connectivity index (χ4v) is 2.28. The van der Waals surface area contributed by atoms with E-state index in [1.165, 1.54) is 12.3 Å². The molecule has 0 radical (unpaired) electrons. The zero-order valence-electron chi connectivity index (χ0n) is 6.57. The Bertz CT molecular complexity index is 404. The maximum absolute atomic E-state index is 10.9. The van der Waals surface area contributed by atoms with Crippen LogP contribution in [0, 0.1) is 0 Å². The summed E-state index contributed by atoms with van der Waals surface area (Å²) in [6.45, 7) is 1.35. The molecule has 4 nitrogen and oxygen atoms in total. The summed E-state index contributed by atoms with van der Waals surface area (Å²) in [5.74, 6) is -0.221. The zero-order chi connectivity index (χ0) is 9.35. The number of carbonyl (C=O) groups excluding carboxylic acids is 1. The van der Waals surface area contributed by atoms with E-state index in [1.54, 1.807) is 0 Å². The van der Waals surface area contributed by atoms with Crippen molar-refractivity contribution >= 4 is 27.0 Å².